The summed E-state index contributed by atoms with van der Waals surface area (Å²) in [5.74, 6) is 0.158. The summed E-state index contributed by atoms with van der Waals surface area (Å²) in [7, 11) is 3.95. The molecule has 1 heterocycles. The van der Waals surface area contributed by atoms with Crippen molar-refractivity contribution in [2.75, 3.05) is 27.2 Å². The van der Waals surface area contributed by atoms with Crippen molar-refractivity contribution in [3.8, 4) is 5.88 Å². The van der Waals surface area contributed by atoms with Gasteiger partial charge in [-0.15, -0.1) is 0 Å². The summed E-state index contributed by atoms with van der Waals surface area (Å²) in [6.45, 7) is 8.05. The third kappa shape index (κ3) is 6.50. The Morgan fingerprint density at radius 3 is 2.63 bits per heavy atom. The molecule has 1 N–H and O–H groups in total. The van der Waals surface area contributed by atoms with E-state index in [2.05, 4.69) is 31.1 Å². The van der Waals surface area contributed by atoms with Crippen LogP contribution in [-0.2, 0) is 6.54 Å². The van der Waals surface area contributed by atoms with Crippen LogP contribution in [0.4, 0.5) is 4.39 Å². The van der Waals surface area contributed by atoms with Crippen LogP contribution in [0, 0.1) is 5.82 Å². The largest absolute Gasteiger partial charge is 0.476 e. The van der Waals surface area contributed by atoms with Crippen molar-refractivity contribution in [3.63, 3.8) is 0 Å². The lowest BCUT2D eigenvalue weighted by atomic mass is 10.1. The van der Waals surface area contributed by atoms with E-state index >= 15 is 0 Å². The SMILES string of the molecule is CN(C)CCOc1ncc(F)cc1CNC(C)(C)C. The molecule has 0 spiro atoms. The highest BCUT2D eigenvalue weighted by molar-refractivity contribution is 5.26. The molecule has 0 saturated heterocycles. The standard InChI is InChI=1S/C14H24FN3O/c1-14(2,3)17-9-11-8-12(15)10-16-13(11)19-7-6-18(4)5/h8,10,17H,6-7,9H2,1-5H3. The second-order valence-electron chi connectivity index (χ2n) is 5.87. The molecule has 0 aliphatic rings. The average molecular weight is 269 g/mol. The molecule has 0 unspecified atom stereocenters. The fourth-order valence-electron chi connectivity index (χ4n) is 1.41. The number of likely N-dealkylation sites (N-methyl/N-ethyl adjacent to an activating group) is 1. The summed E-state index contributed by atoms with van der Waals surface area (Å²) in [5, 5.41) is 3.31. The highest BCUT2D eigenvalue weighted by Gasteiger charge is 2.12. The Labute approximate surface area is 115 Å². The first-order chi connectivity index (χ1) is 8.78. The van der Waals surface area contributed by atoms with Gasteiger partial charge in [0.15, 0.2) is 0 Å². The van der Waals surface area contributed by atoms with E-state index in [1.165, 1.54) is 12.3 Å². The Morgan fingerprint density at radius 2 is 2.05 bits per heavy atom. The Hall–Kier alpha value is -1.20. The molecule has 0 fully saturated rings. The quantitative estimate of drug-likeness (QED) is 0.857. The second-order valence-corrected chi connectivity index (χ2v) is 5.87. The first kappa shape index (κ1) is 15.9. The number of pyridine rings is 1. The van der Waals surface area contributed by atoms with Crippen LogP contribution in [0.2, 0.25) is 0 Å². The minimum atomic E-state index is -0.342. The molecule has 1 aromatic heterocycles. The molecule has 0 radical (unpaired) electrons. The van der Waals surface area contributed by atoms with Crippen LogP contribution in [-0.4, -0.2) is 42.7 Å². The number of rotatable bonds is 6. The fourth-order valence-corrected chi connectivity index (χ4v) is 1.41. The van der Waals surface area contributed by atoms with Crippen LogP contribution < -0.4 is 10.1 Å². The monoisotopic (exact) mass is 269 g/mol. The van der Waals surface area contributed by atoms with Crippen molar-refractivity contribution in [2.45, 2.75) is 32.9 Å². The lowest BCUT2D eigenvalue weighted by Gasteiger charge is -2.21. The van der Waals surface area contributed by atoms with E-state index in [0.29, 0.717) is 19.0 Å². The van der Waals surface area contributed by atoms with Crippen LogP contribution in [0.5, 0.6) is 5.88 Å². The van der Waals surface area contributed by atoms with Crippen molar-refractivity contribution < 1.29 is 9.13 Å². The molecule has 4 nitrogen and oxygen atoms in total. The first-order valence-electron chi connectivity index (χ1n) is 6.45. The number of nitrogens with zero attached hydrogens (tertiary/aromatic N) is 2. The zero-order valence-corrected chi connectivity index (χ0v) is 12.5. The van der Waals surface area contributed by atoms with E-state index in [9.17, 15) is 4.39 Å². The normalized spacial score (nSPS) is 11.9. The zero-order chi connectivity index (χ0) is 14.5. The van der Waals surface area contributed by atoms with Crippen molar-refractivity contribution in [3.05, 3.63) is 23.6 Å². The second kappa shape index (κ2) is 6.82. The van der Waals surface area contributed by atoms with E-state index in [-0.39, 0.29) is 11.4 Å². The number of halogens is 1. The van der Waals surface area contributed by atoms with Gasteiger partial charge in [-0.05, 0) is 40.9 Å². The number of aromatic nitrogens is 1. The van der Waals surface area contributed by atoms with Crippen molar-refractivity contribution in [1.29, 1.82) is 0 Å². The number of ether oxygens (including phenoxy) is 1. The summed E-state index contributed by atoms with van der Waals surface area (Å²) in [6.07, 6.45) is 1.19. The summed E-state index contributed by atoms with van der Waals surface area (Å²) < 4.78 is 18.9. The molecular weight excluding hydrogens is 245 g/mol. The topological polar surface area (TPSA) is 37.4 Å². The van der Waals surface area contributed by atoms with E-state index in [4.69, 9.17) is 4.74 Å². The highest BCUT2D eigenvalue weighted by Crippen LogP contribution is 2.17. The lowest BCUT2D eigenvalue weighted by Crippen LogP contribution is -2.35. The molecule has 1 rings (SSSR count). The third-order valence-electron chi connectivity index (χ3n) is 2.48. The molecule has 0 aliphatic heterocycles. The van der Waals surface area contributed by atoms with Crippen LogP contribution in [0.15, 0.2) is 12.3 Å². The molecule has 5 heteroatoms. The Kier molecular flexibility index (Phi) is 5.69. The van der Waals surface area contributed by atoms with Crippen LogP contribution in [0.1, 0.15) is 26.3 Å². The smallest absolute Gasteiger partial charge is 0.218 e. The Balaban J connectivity index is 2.68. The zero-order valence-electron chi connectivity index (χ0n) is 12.5. The van der Waals surface area contributed by atoms with E-state index in [0.717, 1.165) is 12.1 Å². The van der Waals surface area contributed by atoms with Crippen molar-refractivity contribution >= 4 is 0 Å². The number of hydrogen-bond donors (Lipinski definition) is 1. The maximum Gasteiger partial charge on any atom is 0.218 e. The van der Waals surface area contributed by atoms with Gasteiger partial charge in [-0.3, -0.25) is 0 Å². The van der Waals surface area contributed by atoms with Gasteiger partial charge in [-0.25, -0.2) is 9.37 Å². The van der Waals surface area contributed by atoms with Gasteiger partial charge in [0.1, 0.15) is 12.4 Å². The number of nitrogens with one attached hydrogen (secondary N) is 1. The molecule has 19 heavy (non-hydrogen) atoms. The molecule has 0 atom stereocenters. The molecule has 1 aromatic rings. The van der Waals surface area contributed by atoms with Gasteiger partial charge in [0.25, 0.3) is 0 Å². The highest BCUT2D eigenvalue weighted by atomic mass is 19.1. The van der Waals surface area contributed by atoms with E-state index in [1.54, 1.807) is 0 Å². The van der Waals surface area contributed by atoms with E-state index in [1.807, 2.05) is 19.0 Å². The van der Waals surface area contributed by atoms with Gasteiger partial charge in [-0.1, -0.05) is 0 Å². The minimum absolute atomic E-state index is 0.0345. The van der Waals surface area contributed by atoms with Gasteiger partial charge in [0.2, 0.25) is 5.88 Å². The Morgan fingerprint density at radius 1 is 1.37 bits per heavy atom. The molecule has 0 aliphatic carbocycles. The van der Waals surface area contributed by atoms with Gasteiger partial charge in [0, 0.05) is 24.2 Å². The maximum atomic E-state index is 13.3. The first-order valence-corrected chi connectivity index (χ1v) is 6.45. The molecule has 0 saturated carbocycles. The number of hydrogen-bond acceptors (Lipinski definition) is 4. The van der Waals surface area contributed by atoms with Crippen LogP contribution >= 0.6 is 0 Å². The summed E-state index contributed by atoms with van der Waals surface area (Å²) in [4.78, 5) is 6.04. The van der Waals surface area contributed by atoms with Crippen molar-refractivity contribution in [1.82, 2.24) is 15.2 Å². The third-order valence-corrected chi connectivity index (χ3v) is 2.48. The van der Waals surface area contributed by atoms with Gasteiger partial charge in [0.05, 0.1) is 6.20 Å². The minimum Gasteiger partial charge on any atom is -0.476 e. The summed E-state index contributed by atoms with van der Waals surface area (Å²) >= 11 is 0. The van der Waals surface area contributed by atoms with Gasteiger partial charge < -0.3 is 15.0 Å². The molecule has 108 valence electrons. The van der Waals surface area contributed by atoms with Gasteiger partial charge >= 0.3 is 0 Å². The van der Waals surface area contributed by atoms with Gasteiger partial charge in [-0.2, -0.15) is 0 Å². The molecular formula is C14H24FN3O. The van der Waals surface area contributed by atoms with Crippen LogP contribution in [0.3, 0.4) is 0 Å². The molecule has 0 amide bonds. The van der Waals surface area contributed by atoms with Crippen LogP contribution in [0.25, 0.3) is 0 Å². The summed E-state index contributed by atoms with van der Waals surface area (Å²) in [6, 6.07) is 1.47. The predicted octanol–water partition coefficient (Wildman–Crippen LogP) is 2.05. The molecule has 0 aromatic carbocycles. The predicted molar refractivity (Wildman–Crippen MR) is 74.8 cm³/mol. The van der Waals surface area contributed by atoms with Crippen molar-refractivity contribution in [2.24, 2.45) is 0 Å². The lowest BCUT2D eigenvalue weighted by molar-refractivity contribution is 0.250. The Bertz CT molecular complexity index is 402. The summed E-state index contributed by atoms with van der Waals surface area (Å²) in [5.41, 5.74) is 0.710. The van der Waals surface area contributed by atoms with E-state index < -0.39 is 0 Å². The average Bonchev–Trinajstić information content (AvgIpc) is 2.27. The fraction of sp³-hybridized carbons (Fsp3) is 0.643. The molecule has 0 bridgehead atoms. The maximum absolute atomic E-state index is 13.3.